The highest BCUT2D eigenvalue weighted by Gasteiger charge is 2.07. The third-order valence-corrected chi connectivity index (χ3v) is 3.29. The van der Waals surface area contributed by atoms with Crippen molar-refractivity contribution in [3.63, 3.8) is 0 Å². The highest BCUT2D eigenvalue weighted by molar-refractivity contribution is 5.66. The van der Waals surface area contributed by atoms with E-state index < -0.39 is 5.97 Å². The molecule has 0 bridgehead atoms. The van der Waals surface area contributed by atoms with Crippen molar-refractivity contribution >= 4 is 5.97 Å². The molecular formula is C15H29N3O2. The average Bonchev–Trinajstić information content (AvgIpc) is 2.90. The van der Waals surface area contributed by atoms with E-state index in [1.807, 2.05) is 0 Å². The molecule has 0 aliphatic carbocycles. The second-order valence-corrected chi connectivity index (χ2v) is 4.84. The lowest BCUT2D eigenvalue weighted by Crippen LogP contribution is -2.32. The molecule has 0 aliphatic heterocycles. The van der Waals surface area contributed by atoms with E-state index in [1.54, 1.807) is 12.4 Å². The minimum atomic E-state index is -0.854. The molecule has 1 atom stereocenters. The van der Waals surface area contributed by atoms with E-state index in [1.165, 1.54) is 43.2 Å². The van der Waals surface area contributed by atoms with Crippen LogP contribution in [0, 0.1) is 0 Å². The van der Waals surface area contributed by atoms with Crippen molar-refractivity contribution < 1.29 is 9.90 Å². The van der Waals surface area contributed by atoms with E-state index in [0.717, 1.165) is 6.04 Å². The fraction of sp³-hybridized carbons (Fsp3) is 0.733. The summed E-state index contributed by atoms with van der Waals surface area (Å²) in [6, 6.07) is 0.782. The number of unbranched alkanes of at least 4 members (excludes halogenated alkanes) is 1. The Bertz CT molecular complexity index is 335. The van der Waals surface area contributed by atoms with Gasteiger partial charge in [0.05, 0.1) is 6.33 Å². The molecule has 0 aromatic carbocycles. The van der Waals surface area contributed by atoms with Crippen LogP contribution in [0.2, 0.25) is 0 Å². The number of aromatic nitrogens is 2. The predicted octanol–water partition coefficient (Wildman–Crippen LogP) is 2.87. The number of carboxylic acids is 1. The van der Waals surface area contributed by atoms with Crippen molar-refractivity contribution in [3.8, 4) is 0 Å². The highest BCUT2D eigenvalue weighted by Crippen LogP contribution is 2.07. The average molecular weight is 283 g/mol. The molecule has 0 fully saturated rings. The van der Waals surface area contributed by atoms with Crippen LogP contribution < -0.4 is 0 Å². The fourth-order valence-corrected chi connectivity index (χ4v) is 2.07. The number of rotatable bonds is 8. The standard InChI is InChI=1S/C10H23N.C5H6N2O2/c1-5-8-9-10(4)11(6-2)7-3;8-5(9)3-7-2-1-6-4-7/h10H,5-9H2,1-4H3;1-2,4H,3H2,(H,8,9). The number of imidazole rings is 1. The van der Waals surface area contributed by atoms with Gasteiger partial charge in [0, 0.05) is 18.4 Å². The number of carbonyl (C=O) groups is 1. The molecule has 20 heavy (non-hydrogen) atoms. The van der Waals surface area contributed by atoms with Gasteiger partial charge in [-0.05, 0) is 26.4 Å². The first-order valence-electron chi connectivity index (χ1n) is 7.46. The minimum Gasteiger partial charge on any atom is -0.480 e. The number of aliphatic carboxylic acids is 1. The molecule has 0 saturated carbocycles. The molecular weight excluding hydrogens is 254 g/mol. The first kappa shape index (κ1) is 18.6. The summed E-state index contributed by atoms with van der Waals surface area (Å²) in [4.78, 5) is 16.2. The Morgan fingerprint density at radius 1 is 1.35 bits per heavy atom. The van der Waals surface area contributed by atoms with Gasteiger partial charge in [-0.15, -0.1) is 0 Å². The summed E-state index contributed by atoms with van der Waals surface area (Å²) in [7, 11) is 0. The van der Waals surface area contributed by atoms with Crippen molar-refractivity contribution in [2.75, 3.05) is 13.1 Å². The summed E-state index contributed by atoms with van der Waals surface area (Å²) in [5, 5.41) is 8.24. The lowest BCUT2D eigenvalue weighted by atomic mass is 10.1. The Balaban J connectivity index is 0.000000367. The van der Waals surface area contributed by atoms with Gasteiger partial charge in [0.2, 0.25) is 0 Å². The Kier molecular flexibility index (Phi) is 10.7. The van der Waals surface area contributed by atoms with Gasteiger partial charge in [0.25, 0.3) is 0 Å². The summed E-state index contributed by atoms with van der Waals surface area (Å²) in [6.07, 6.45) is 8.67. The van der Waals surface area contributed by atoms with Gasteiger partial charge >= 0.3 is 5.97 Å². The zero-order valence-electron chi connectivity index (χ0n) is 13.2. The molecule has 1 rings (SSSR count). The normalized spacial score (nSPS) is 11.8. The quantitative estimate of drug-likeness (QED) is 0.797. The summed E-state index contributed by atoms with van der Waals surface area (Å²) < 4.78 is 1.49. The third kappa shape index (κ3) is 8.69. The van der Waals surface area contributed by atoms with Crippen molar-refractivity contribution in [2.45, 2.75) is 59.5 Å². The van der Waals surface area contributed by atoms with Gasteiger partial charge in [-0.1, -0.05) is 33.6 Å². The second-order valence-electron chi connectivity index (χ2n) is 4.84. The van der Waals surface area contributed by atoms with Crippen LogP contribution in [-0.4, -0.2) is 44.7 Å². The zero-order valence-corrected chi connectivity index (χ0v) is 13.2. The first-order chi connectivity index (χ1) is 9.54. The van der Waals surface area contributed by atoms with Gasteiger partial charge in [0.15, 0.2) is 0 Å². The topological polar surface area (TPSA) is 58.4 Å². The lowest BCUT2D eigenvalue weighted by Gasteiger charge is -2.26. The van der Waals surface area contributed by atoms with Crippen molar-refractivity contribution in [1.29, 1.82) is 0 Å². The lowest BCUT2D eigenvalue weighted by molar-refractivity contribution is -0.137. The number of hydrogen-bond donors (Lipinski definition) is 1. The molecule has 0 radical (unpaired) electrons. The summed E-state index contributed by atoms with van der Waals surface area (Å²) in [6.45, 7) is 11.5. The summed E-state index contributed by atoms with van der Waals surface area (Å²) in [5.41, 5.74) is 0. The molecule has 116 valence electrons. The highest BCUT2D eigenvalue weighted by atomic mass is 16.4. The molecule has 1 N–H and O–H groups in total. The van der Waals surface area contributed by atoms with Gasteiger partial charge in [0.1, 0.15) is 6.54 Å². The molecule has 5 nitrogen and oxygen atoms in total. The third-order valence-electron chi connectivity index (χ3n) is 3.29. The molecule has 0 spiro atoms. The van der Waals surface area contributed by atoms with Crippen molar-refractivity contribution in [1.82, 2.24) is 14.5 Å². The van der Waals surface area contributed by atoms with E-state index >= 15 is 0 Å². The molecule has 1 heterocycles. The maximum absolute atomic E-state index is 10.0. The fourth-order valence-electron chi connectivity index (χ4n) is 2.07. The molecule has 1 aromatic heterocycles. The molecule has 0 amide bonds. The van der Waals surface area contributed by atoms with Gasteiger partial charge < -0.3 is 14.6 Å². The monoisotopic (exact) mass is 283 g/mol. The van der Waals surface area contributed by atoms with Crippen LogP contribution in [0.3, 0.4) is 0 Å². The Morgan fingerprint density at radius 3 is 2.40 bits per heavy atom. The van der Waals surface area contributed by atoms with Crippen molar-refractivity contribution in [2.24, 2.45) is 0 Å². The maximum Gasteiger partial charge on any atom is 0.323 e. The number of carboxylic acid groups (broad SMARTS) is 1. The van der Waals surface area contributed by atoms with Gasteiger partial charge in [-0.3, -0.25) is 4.79 Å². The number of nitrogens with zero attached hydrogens (tertiary/aromatic N) is 3. The van der Waals surface area contributed by atoms with Crippen LogP contribution in [-0.2, 0) is 11.3 Å². The SMILES string of the molecule is CCCCC(C)N(CC)CC.O=C(O)Cn1ccnc1. The van der Waals surface area contributed by atoms with Crippen LogP contribution in [0.5, 0.6) is 0 Å². The van der Waals surface area contributed by atoms with Crippen LogP contribution in [0.4, 0.5) is 0 Å². The molecule has 0 saturated heterocycles. The van der Waals surface area contributed by atoms with Crippen LogP contribution in [0.1, 0.15) is 47.0 Å². The molecule has 0 aliphatic rings. The molecule has 5 heteroatoms. The van der Waals surface area contributed by atoms with Crippen LogP contribution >= 0.6 is 0 Å². The zero-order chi connectivity index (χ0) is 15.4. The van der Waals surface area contributed by atoms with E-state index in [9.17, 15) is 4.79 Å². The Hall–Kier alpha value is -1.36. The molecule has 1 aromatic rings. The number of hydrogen-bond acceptors (Lipinski definition) is 3. The van der Waals surface area contributed by atoms with E-state index in [2.05, 4.69) is 37.6 Å². The largest absolute Gasteiger partial charge is 0.480 e. The second kappa shape index (κ2) is 11.5. The maximum atomic E-state index is 10.0. The Labute approximate surface area is 122 Å². The minimum absolute atomic E-state index is 0.0139. The predicted molar refractivity (Wildman–Crippen MR) is 81.8 cm³/mol. The van der Waals surface area contributed by atoms with Crippen LogP contribution in [0.25, 0.3) is 0 Å². The first-order valence-corrected chi connectivity index (χ1v) is 7.46. The Morgan fingerprint density at radius 2 is 2.00 bits per heavy atom. The summed E-state index contributed by atoms with van der Waals surface area (Å²) >= 11 is 0. The summed E-state index contributed by atoms with van der Waals surface area (Å²) in [5.74, 6) is -0.854. The van der Waals surface area contributed by atoms with Gasteiger partial charge in [-0.25, -0.2) is 4.98 Å². The van der Waals surface area contributed by atoms with E-state index in [0.29, 0.717) is 0 Å². The molecule has 1 unspecified atom stereocenters. The smallest absolute Gasteiger partial charge is 0.323 e. The van der Waals surface area contributed by atoms with E-state index in [-0.39, 0.29) is 6.54 Å². The van der Waals surface area contributed by atoms with Crippen molar-refractivity contribution in [3.05, 3.63) is 18.7 Å². The van der Waals surface area contributed by atoms with Crippen LogP contribution in [0.15, 0.2) is 18.7 Å². The van der Waals surface area contributed by atoms with E-state index in [4.69, 9.17) is 5.11 Å². The van der Waals surface area contributed by atoms with Gasteiger partial charge in [-0.2, -0.15) is 0 Å².